The van der Waals surface area contributed by atoms with Gasteiger partial charge in [0.05, 0.1) is 19.4 Å². The van der Waals surface area contributed by atoms with E-state index in [0.29, 0.717) is 19.4 Å². The third-order valence-corrected chi connectivity index (χ3v) is 5.02. The number of carbonyl (C=O) groups is 4. The highest BCUT2D eigenvalue weighted by Gasteiger charge is 2.41. The average Bonchev–Trinajstić information content (AvgIpc) is 2.62. The molecule has 3 atom stereocenters. The largest absolute Gasteiger partial charge is 0.468 e. The van der Waals surface area contributed by atoms with Crippen LogP contribution in [0.1, 0.15) is 67.7 Å². The maximum Gasteiger partial charge on any atom is 0.327 e. The number of hydrazine groups is 1. The van der Waals surface area contributed by atoms with E-state index < -0.39 is 35.0 Å². The standard InChI is InChI=1S/C21H37N3O6/c1-13(2)15(12-16(25)30-20(4,5)6)17(26)22-14(3)18(27)24-11-9-10-21(7,23-24)19(28)29-8/h13-15,23H,9-12H2,1-8H3,(H,22,26)/t14-,15-,21?/m0/s1. The van der Waals surface area contributed by atoms with Gasteiger partial charge in [-0.2, -0.15) is 0 Å². The summed E-state index contributed by atoms with van der Waals surface area (Å²) >= 11 is 0. The van der Waals surface area contributed by atoms with Crippen LogP contribution in [0.15, 0.2) is 0 Å². The molecular weight excluding hydrogens is 390 g/mol. The van der Waals surface area contributed by atoms with Crippen molar-refractivity contribution in [3.63, 3.8) is 0 Å². The molecule has 0 saturated carbocycles. The minimum absolute atomic E-state index is 0.0654. The first-order valence-corrected chi connectivity index (χ1v) is 10.4. The molecule has 9 heteroatoms. The molecule has 1 rings (SSSR count). The van der Waals surface area contributed by atoms with Crippen LogP contribution in [-0.4, -0.2) is 59.6 Å². The Bertz CT molecular complexity index is 658. The first-order chi connectivity index (χ1) is 13.7. The molecule has 1 fully saturated rings. The fourth-order valence-corrected chi connectivity index (χ4v) is 3.35. The second kappa shape index (κ2) is 10.2. The fourth-order valence-electron chi connectivity index (χ4n) is 3.35. The molecular formula is C21H37N3O6. The normalized spacial score (nSPS) is 21.6. The Morgan fingerprint density at radius 1 is 1.17 bits per heavy atom. The second-order valence-corrected chi connectivity index (χ2v) is 9.40. The van der Waals surface area contributed by atoms with E-state index in [-0.39, 0.29) is 24.2 Å². The number of methoxy groups -OCH3 is 1. The van der Waals surface area contributed by atoms with Crippen molar-refractivity contribution in [1.29, 1.82) is 0 Å². The van der Waals surface area contributed by atoms with Gasteiger partial charge in [0, 0.05) is 6.54 Å². The van der Waals surface area contributed by atoms with E-state index >= 15 is 0 Å². The summed E-state index contributed by atoms with van der Waals surface area (Å²) in [6.45, 7) is 12.7. The van der Waals surface area contributed by atoms with E-state index in [2.05, 4.69) is 10.7 Å². The topological polar surface area (TPSA) is 114 Å². The molecule has 30 heavy (non-hydrogen) atoms. The molecule has 172 valence electrons. The van der Waals surface area contributed by atoms with Gasteiger partial charge in [-0.25, -0.2) is 5.43 Å². The molecule has 2 N–H and O–H groups in total. The highest BCUT2D eigenvalue weighted by atomic mass is 16.6. The monoisotopic (exact) mass is 427 g/mol. The zero-order valence-corrected chi connectivity index (χ0v) is 19.5. The SMILES string of the molecule is COC(=O)C1(C)CCCN(C(=O)[C@H](C)NC(=O)[C@@H](CC(=O)OC(C)(C)C)C(C)C)N1. The van der Waals surface area contributed by atoms with E-state index in [4.69, 9.17) is 9.47 Å². The predicted octanol–water partition coefficient (Wildman–Crippen LogP) is 1.55. The van der Waals surface area contributed by atoms with E-state index in [0.717, 1.165) is 0 Å². The summed E-state index contributed by atoms with van der Waals surface area (Å²) in [5.41, 5.74) is 1.30. The van der Waals surface area contributed by atoms with Crippen molar-refractivity contribution in [3.05, 3.63) is 0 Å². The van der Waals surface area contributed by atoms with Crippen LogP contribution < -0.4 is 10.7 Å². The number of amides is 2. The van der Waals surface area contributed by atoms with Crippen molar-refractivity contribution in [3.8, 4) is 0 Å². The molecule has 0 aromatic carbocycles. The van der Waals surface area contributed by atoms with Crippen molar-refractivity contribution in [1.82, 2.24) is 15.8 Å². The van der Waals surface area contributed by atoms with Crippen molar-refractivity contribution in [2.24, 2.45) is 11.8 Å². The molecule has 9 nitrogen and oxygen atoms in total. The Morgan fingerprint density at radius 3 is 2.27 bits per heavy atom. The van der Waals surface area contributed by atoms with Crippen molar-refractivity contribution < 1.29 is 28.7 Å². The van der Waals surface area contributed by atoms with Gasteiger partial charge in [-0.05, 0) is 53.4 Å². The Kier molecular flexibility index (Phi) is 8.83. The van der Waals surface area contributed by atoms with Gasteiger partial charge in [-0.1, -0.05) is 13.8 Å². The first-order valence-electron chi connectivity index (χ1n) is 10.4. The third kappa shape index (κ3) is 7.27. The number of esters is 2. The summed E-state index contributed by atoms with van der Waals surface area (Å²) in [5, 5.41) is 4.05. The van der Waals surface area contributed by atoms with Gasteiger partial charge in [-0.3, -0.25) is 24.2 Å². The number of nitrogens with zero attached hydrogens (tertiary/aromatic N) is 1. The summed E-state index contributed by atoms with van der Waals surface area (Å²) in [7, 11) is 1.30. The number of hydrogen-bond donors (Lipinski definition) is 2. The van der Waals surface area contributed by atoms with Crippen LogP contribution in [0.2, 0.25) is 0 Å². The van der Waals surface area contributed by atoms with E-state index in [1.165, 1.54) is 12.1 Å². The summed E-state index contributed by atoms with van der Waals surface area (Å²) in [6.07, 6.45) is 1.10. The van der Waals surface area contributed by atoms with E-state index in [1.54, 1.807) is 34.6 Å². The molecule has 0 aliphatic carbocycles. The van der Waals surface area contributed by atoms with Gasteiger partial charge in [0.15, 0.2) is 0 Å². The number of carbonyl (C=O) groups excluding carboxylic acids is 4. The van der Waals surface area contributed by atoms with Crippen LogP contribution in [0.4, 0.5) is 0 Å². The predicted molar refractivity (Wildman–Crippen MR) is 111 cm³/mol. The Labute approximate surface area is 179 Å². The smallest absolute Gasteiger partial charge is 0.327 e. The lowest BCUT2D eigenvalue weighted by atomic mass is 9.91. The van der Waals surface area contributed by atoms with Crippen LogP contribution >= 0.6 is 0 Å². The number of hydrogen-bond acceptors (Lipinski definition) is 7. The summed E-state index contributed by atoms with van der Waals surface area (Å²) in [5.74, 6) is -2.39. The number of rotatable bonds is 7. The Balaban J connectivity index is 2.77. The van der Waals surface area contributed by atoms with E-state index in [1.807, 2.05) is 13.8 Å². The molecule has 2 amide bonds. The molecule has 0 spiro atoms. The van der Waals surface area contributed by atoms with Gasteiger partial charge in [-0.15, -0.1) is 0 Å². The lowest BCUT2D eigenvalue weighted by Crippen LogP contribution is -2.65. The highest BCUT2D eigenvalue weighted by Crippen LogP contribution is 2.22. The average molecular weight is 428 g/mol. The quantitative estimate of drug-likeness (QED) is 0.593. The van der Waals surface area contributed by atoms with Crippen LogP contribution in [0, 0.1) is 11.8 Å². The molecule has 1 unspecified atom stereocenters. The van der Waals surface area contributed by atoms with Crippen LogP contribution in [0.5, 0.6) is 0 Å². The summed E-state index contributed by atoms with van der Waals surface area (Å²) < 4.78 is 10.1. The molecule has 1 aliphatic heterocycles. The Hall–Kier alpha value is -2.16. The lowest BCUT2D eigenvalue weighted by Gasteiger charge is -2.40. The van der Waals surface area contributed by atoms with Gasteiger partial charge < -0.3 is 14.8 Å². The molecule has 0 aromatic heterocycles. The van der Waals surface area contributed by atoms with Gasteiger partial charge in [0.25, 0.3) is 5.91 Å². The van der Waals surface area contributed by atoms with E-state index in [9.17, 15) is 19.2 Å². The molecule has 0 aromatic rings. The van der Waals surface area contributed by atoms with Crippen molar-refractivity contribution >= 4 is 23.8 Å². The Morgan fingerprint density at radius 2 is 1.77 bits per heavy atom. The summed E-state index contributed by atoms with van der Waals surface area (Å²) in [6, 6.07) is -0.829. The number of nitrogens with one attached hydrogen (secondary N) is 2. The summed E-state index contributed by atoms with van der Waals surface area (Å²) in [4.78, 5) is 49.8. The van der Waals surface area contributed by atoms with Crippen molar-refractivity contribution in [2.75, 3.05) is 13.7 Å². The maximum atomic E-state index is 12.8. The second-order valence-electron chi connectivity index (χ2n) is 9.40. The first kappa shape index (κ1) is 25.9. The molecule has 0 radical (unpaired) electrons. The fraction of sp³-hybridized carbons (Fsp3) is 0.810. The highest BCUT2D eigenvalue weighted by molar-refractivity contribution is 5.90. The zero-order chi connectivity index (χ0) is 23.3. The molecule has 1 heterocycles. The molecule has 0 bridgehead atoms. The zero-order valence-electron chi connectivity index (χ0n) is 19.5. The van der Waals surface area contributed by atoms with Gasteiger partial charge in [0.2, 0.25) is 5.91 Å². The van der Waals surface area contributed by atoms with Crippen LogP contribution in [0.3, 0.4) is 0 Å². The number of ether oxygens (including phenoxy) is 2. The molecule has 1 saturated heterocycles. The van der Waals surface area contributed by atoms with Crippen LogP contribution in [-0.2, 0) is 28.7 Å². The van der Waals surface area contributed by atoms with Crippen LogP contribution in [0.25, 0.3) is 0 Å². The van der Waals surface area contributed by atoms with Crippen molar-refractivity contribution in [2.45, 2.75) is 84.9 Å². The minimum Gasteiger partial charge on any atom is -0.468 e. The minimum atomic E-state index is -0.996. The third-order valence-electron chi connectivity index (χ3n) is 5.02. The molecule has 1 aliphatic rings. The van der Waals surface area contributed by atoms with Gasteiger partial charge in [0.1, 0.15) is 17.2 Å². The van der Waals surface area contributed by atoms with Gasteiger partial charge >= 0.3 is 11.9 Å². The lowest BCUT2D eigenvalue weighted by molar-refractivity contribution is -0.158. The maximum absolute atomic E-state index is 12.8.